The van der Waals surface area contributed by atoms with Crippen LogP contribution in [0.25, 0.3) is 0 Å². The van der Waals surface area contributed by atoms with Crippen molar-refractivity contribution in [2.24, 2.45) is 5.41 Å². The zero-order valence-corrected chi connectivity index (χ0v) is 18.8. The van der Waals surface area contributed by atoms with E-state index in [4.69, 9.17) is 13.9 Å². The van der Waals surface area contributed by atoms with Crippen LogP contribution in [0.2, 0.25) is 18.1 Å². The number of methoxy groups -OCH3 is 2. The predicted octanol–water partition coefficient (Wildman–Crippen LogP) is 3.46. The zero-order valence-electron chi connectivity index (χ0n) is 17.8. The van der Waals surface area contributed by atoms with Crippen molar-refractivity contribution in [2.75, 3.05) is 46.9 Å². The first-order valence-corrected chi connectivity index (χ1v) is 13.3. The van der Waals surface area contributed by atoms with Gasteiger partial charge in [-0.2, -0.15) is 0 Å². The molecule has 1 aliphatic heterocycles. The summed E-state index contributed by atoms with van der Waals surface area (Å²) < 4.78 is 17.4. The third kappa shape index (κ3) is 5.76. The Morgan fingerprint density at radius 1 is 1.08 bits per heavy atom. The van der Waals surface area contributed by atoms with Crippen LogP contribution in [0, 0.1) is 5.41 Å². The molecule has 1 atom stereocenters. The van der Waals surface area contributed by atoms with Crippen LogP contribution in [0.4, 0.5) is 0 Å². The molecule has 1 N–H and O–H groups in total. The summed E-state index contributed by atoms with van der Waals surface area (Å²) in [5.41, 5.74) is 0.538. The van der Waals surface area contributed by atoms with Gasteiger partial charge in [0.2, 0.25) is 0 Å². The van der Waals surface area contributed by atoms with Gasteiger partial charge in [0.05, 0.1) is 6.10 Å². The largest absolute Gasteiger partial charge is 0.412 e. The molecule has 0 aromatic heterocycles. The monoisotopic (exact) mass is 386 g/mol. The lowest BCUT2D eigenvalue weighted by atomic mass is 9.90. The number of likely N-dealkylation sites (tertiary alicyclic amines) is 1. The van der Waals surface area contributed by atoms with Crippen molar-refractivity contribution in [3.05, 3.63) is 0 Å². The van der Waals surface area contributed by atoms with E-state index in [2.05, 4.69) is 31.0 Å². The molecule has 0 aromatic carbocycles. The Kier molecular flexibility index (Phi) is 9.04. The molecule has 1 saturated heterocycles. The maximum Gasteiger partial charge on any atom is 0.192 e. The Morgan fingerprint density at radius 2 is 1.73 bits per heavy atom. The van der Waals surface area contributed by atoms with Crippen LogP contribution in [-0.2, 0) is 13.9 Å². The van der Waals surface area contributed by atoms with Gasteiger partial charge >= 0.3 is 0 Å². The van der Waals surface area contributed by atoms with Crippen molar-refractivity contribution >= 4 is 8.32 Å². The Labute approximate surface area is 162 Å². The van der Waals surface area contributed by atoms with E-state index in [-0.39, 0.29) is 6.29 Å². The average molecular weight is 387 g/mol. The number of ether oxygens (including phenoxy) is 2. The van der Waals surface area contributed by atoms with E-state index >= 15 is 0 Å². The third-order valence-corrected chi connectivity index (χ3v) is 11.6. The molecular formula is C20H42N2O3Si. The van der Waals surface area contributed by atoms with Crippen LogP contribution in [0.1, 0.15) is 46.5 Å². The van der Waals surface area contributed by atoms with E-state index in [1.165, 1.54) is 43.9 Å². The van der Waals surface area contributed by atoms with Gasteiger partial charge in [0.25, 0.3) is 0 Å². The van der Waals surface area contributed by atoms with Crippen LogP contribution >= 0.6 is 0 Å². The highest BCUT2D eigenvalue weighted by molar-refractivity contribution is 6.73. The fraction of sp³-hybridized carbons (Fsp3) is 1.00. The summed E-state index contributed by atoms with van der Waals surface area (Å²) in [6.45, 7) is 12.3. The SMILES string of the molecule is CC[Si](CC)(CC)O[C@@H]1CN(CCCNCC(OC)OC)CCC12CC2. The lowest BCUT2D eigenvalue weighted by Crippen LogP contribution is -2.52. The second-order valence-corrected chi connectivity index (χ2v) is 12.9. The number of nitrogens with one attached hydrogen (secondary N) is 1. The number of hydrogen-bond donors (Lipinski definition) is 1. The summed E-state index contributed by atoms with van der Waals surface area (Å²) in [6.07, 6.45) is 5.63. The molecule has 0 amide bonds. The van der Waals surface area contributed by atoms with Gasteiger partial charge in [-0.05, 0) is 68.9 Å². The summed E-state index contributed by atoms with van der Waals surface area (Å²) in [4.78, 5) is 2.64. The van der Waals surface area contributed by atoms with Crippen LogP contribution in [-0.4, -0.2) is 72.6 Å². The number of hydrogen-bond acceptors (Lipinski definition) is 5. The fourth-order valence-corrected chi connectivity index (χ4v) is 7.30. The van der Waals surface area contributed by atoms with Gasteiger partial charge in [-0.15, -0.1) is 0 Å². The molecule has 0 unspecified atom stereocenters. The normalized spacial score (nSPS) is 23.1. The molecule has 1 aliphatic carbocycles. The second kappa shape index (κ2) is 10.5. The Morgan fingerprint density at radius 3 is 2.27 bits per heavy atom. The number of piperidine rings is 1. The number of rotatable bonds is 13. The Bertz CT molecular complexity index is 390. The van der Waals surface area contributed by atoms with Crippen LogP contribution in [0.5, 0.6) is 0 Å². The highest BCUT2D eigenvalue weighted by Crippen LogP contribution is 2.55. The summed E-state index contributed by atoms with van der Waals surface area (Å²) >= 11 is 0. The summed E-state index contributed by atoms with van der Waals surface area (Å²) in [5, 5.41) is 3.43. The van der Waals surface area contributed by atoms with Crippen molar-refractivity contribution in [1.29, 1.82) is 0 Å². The quantitative estimate of drug-likeness (QED) is 0.298. The molecule has 5 nitrogen and oxygen atoms in total. The maximum absolute atomic E-state index is 6.97. The van der Waals surface area contributed by atoms with E-state index in [9.17, 15) is 0 Å². The minimum atomic E-state index is -1.52. The minimum Gasteiger partial charge on any atom is -0.412 e. The average Bonchev–Trinajstić information content (AvgIpc) is 3.46. The van der Waals surface area contributed by atoms with Gasteiger partial charge in [0.1, 0.15) is 0 Å². The van der Waals surface area contributed by atoms with Gasteiger partial charge < -0.3 is 24.1 Å². The zero-order chi connectivity index (χ0) is 19.0. The molecule has 1 saturated carbocycles. The fourth-order valence-electron chi connectivity index (χ4n) is 4.37. The van der Waals surface area contributed by atoms with Gasteiger partial charge in [-0.3, -0.25) is 0 Å². The van der Waals surface area contributed by atoms with E-state index in [1.54, 1.807) is 14.2 Å². The molecule has 2 aliphatic rings. The second-order valence-electron chi connectivity index (χ2n) is 8.22. The molecule has 2 rings (SSSR count). The van der Waals surface area contributed by atoms with Gasteiger partial charge in [-0.1, -0.05) is 20.8 Å². The van der Waals surface area contributed by atoms with Gasteiger partial charge in [0.15, 0.2) is 14.6 Å². The van der Waals surface area contributed by atoms with Crippen molar-refractivity contribution < 1.29 is 13.9 Å². The lowest BCUT2D eigenvalue weighted by Gasteiger charge is -2.44. The summed E-state index contributed by atoms with van der Waals surface area (Å²) in [6, 6.07) is 3.78. The highest BCUT2D eigenvalue weighted by Gasteiger charge is 2.54. The highest BCUT2D eigenvalue weighted by atomic mass is 28.4. The van der Waals surface area contributed by atoms with Gasteiger partial charge in [0, 0.05) is 27.3 Å². The van der Waals surface area contributed by atoms with Crippen LogP contribution in [0.15, 0.2) is 0 Å². The molecular weight excluding hydrogens is 344 g/mol. The predicted molar refractivity (Wildman–Crippen MR) is 110 cm³/mol. The van der Waals surface area contributed by atoms with Gasteiger partial charge in [-0.25, -0.2) is 0 Å². The minimum absolute atomic E-state index is 0.146. The third-order valence-electron chi connectivity index (χ3n) is 6.92. The lowest BCUT2D eigenvalue weighted by molar-refractivity contribution is -0.0987. The first-order chi connectivity index (χ1) is 12.6. The maximum atomic E-state index is 6.97. The molecule has 26 heavy (non-hydrogen) atoms. The van der Waals surface area contributed by atoms with E-state index < -0.39 is 8.32 Å². The van der Waals surface area contributed by atoms with Crippen molar-refractivity contribution in [3.63, 3.8) is 0 Å². The van der Waals surface area contributed by atoms with E-state index in [1.807, 2.05) is 0 Å². The summed E-state index contributed by atoms with van der Waals surface area (Å²) in [5.74, 6) is 0. The molecule has 2 fully saturated rings. The molecule has 154 valence electrons. The van der Waals surface area contributed by atoms with Crippen LogP contribution < -0.4 is 5.32 Å². The van der Waals surface area contributed by atoms with E-state index in [0.717, 1.165) is 32.6 Å². The van der Waals surface area contributed by atoms with Crippen LogP contribution in [0.3, 0.4) is 0 Å². The first kappa shape index (κ1) is 22.3. The standard InChI is InChI=1S/C20H42N2O3Si/c1-6-26(7-2,8-3)25-18-17-22(15-12-20(18)10-11-20)14-9-13-21-16-19(23-4)24-5/h18-19,21H,6-17H2,1-5H3/t18-/m1/s1. The smallest absolute Gasteiger partial charge is 0.192 e. The Balaban J connectivity index is 1.76. The first-order valence-electron chi connectivity index (χ1n) is 10.7. The topological polar surface area (TPSA) is 43.0 Å². The molecule has 0 radical (unpaired) electrons. The van der Waals surface area contributed by atoms with Crippen molar-refractivity contribution in [3.8, 4) is 0 Å². The summed E-state index contributed by atoms with van der Waals surface area (Å²) in [7, 11) is 1.85. The molecule has 0 aromatic rings. The van der Waals surface area contributed by atoms with Crippen molar-refractivity contribution in [2.45, 2.75) is 77.0 Å². The molecule has 6 heteroatoms. The number of nitrogens with zero attached hydrogens (tertiary/aromatic N) is 1. The van der Waals surface area contributed by atoms with E-state index in [0.29, 0.717) is 11.5 Å². The molecule has 1 heterocycles. The molecule has 0 bridgehead atoms. The van der Waals surface area contributed by atoms with Crippen molar-refractivity contribution in [1.82, 2.24) is 10.2 Å². The Hall–Kier alpha value is 0.0169. The molecule has 1 spiro atoms.